The highest BCUT2D eigenvalue weighted by Crippen LogP contribution is 2.26. The molecule has 7 heteroatoms. The predicted molar refractivity (Wildman–Crippen MR) is 103 cm³/mol. The van der Waals surface area contributed by atoms with Crippen molar-refractivity contribution in [3.8, 4) is 0 Å². The van der Waals surface area contributed by atoms with Gasteiger partial charge in [0.05, 0.1) is 12.7 Å². The van der Waals surface area contributed by atoms with Crippen LogP contribution in [-0.4, -0.2) is 18.5 Å². The Morgan fingerprint density at radius 1 is 1.19 bits per heavy atom. The summed E-state index contributed by atoms with van der Waals surface area (Å²) in [6.07, 6.45) is 1.79. The molecule has 0 fully saturated rings. The molecule has 0 amide bonds. The first-order valence-corrected chi connectivity index (χ1v) is 8.84. The van der Waals surface area contributed by atoms with Crippen molar-refractivity contribution in [3.63, 3.8) is 0 Å². The second-order valence-electron chi connectivity index (χ2n) is 8.00. The Hall–Kier alpha value is -3.09. The quantitative estimate of drug-likeness (QED) is 0.546. The Bertz CT molecular complexity index is 1300. The monoisotopic (exact) mass is 366 g/mol. The zero-order chi connectivity index (χ0) is 19.5. The number of hydrogen-bond donors (Lipinski definition) is 0. The summed E-state index contributed by atoms with van der Waals surface area (Å²) in [6.45, 7) is 8.27. The van der Waals surface area contributed by atoms with Crippen LogP contribution in [0.5, 0.6) is 0 Å². The molecule has 3 aromatic heterocycles. The van der Waals surface area contributed by atoms with Gasteiger partial charge in [0.25, 0.3) is 5.56 Å². The third kappa shape index (κ3) is 2.70. The lowest BCUT2D eigenvalue weighted by Crippen LogP contribution is -2.39. The molecule has 1 aromatic carbocycles. The number of nitrogens with zero attached hydrogens (tertiary/aromatic N) is 4. The summed E-state index contributed by atoms with van der Waals surface area (Å²) >= 11 is 0. The van der Waals surface area contributed by atoms with E-state index in [1.165, 1.54) is 9.13 Å². The first-order chi connectivity index (χ1) is 12.7. The van der Waals surface area contributed by atoms with Gasteiger partial charge < -0.3 is 4.42 Å². The van der Waals surface area contributed by atoms with E-state index in [0.717, 1.165) is 16.9 Å². The van der Waals surface area contributed by atoms with E-state index in [9.17, 15) is 9.59 Å². The molecule has 0 aliphatic rings. The van der Waals surface area contributed by atoms with Crippen LogP contribution in [0.1, 0.15) is 37.7 Å². The van der Waals surface area contributed by atoms with Gasteiger partial charge >= 0.3 is 11.5 Å². The molecule has 0 saturated heterocycles. The van der Waals surface area contributed by atoms with Gasteiger partial charge in [-0.3, -0.25) is 18.3 Å². The number of hydrogen-bond acceptors (Lipinski definition) is 4. The number of aromatic nitrogens is 4. The molecule has 0 radical (unpaired) electrons. The minimum atomic E-state index is -0.397. The summed E-state index contributed by atoms with van der Waals surface area (Å²) in [7, 11) is 1.62. The Morgan fingerprint density at radius 2 is 1.93 bits per heavy atom. The van der Waals surface area contributed by atoms with E-state index in [0.29, 0.717) is 17.0 Å². The molecule has 0 aliphatic carbocycles. The Balaban J connectivity index is 1.99. The Morgan fingerprint density at radius 3 is 2.59 bits per heavy atom. The molecule has 27 heavy (non-hydrogen) atoms. The number of aryl methyl sites for hydroxylation is 2. The van der Waals surface area contributed by atoms with Crippen LogP contribution in [0.3, 0.4) is 0 Å². The van der Waals surface area contributed by atoms with Gasteiger partial charge in [0.15, 0.2) is 11.2 Å². The zero-order valence-corrected chi connectivity index (χ0v) is 16.1. The first-order valence-electron chi connectivity index (χ1n) is 8.84. The van der Waals surface area contributed by atoms with Crippen molar-refractivity contribution in [2.24, 2.45) is 7.05 Å². The number of rotatable bonds is 2. The summed E-state index contributed by atoms with van der Waals surface area (Å²) < 4.78 is 10.1. The second-order valence-corrected chi connectivity index (χ2v) is 8.00. The van der Waals surface area contributed by atoms with Crippen molar-refractivity contribution in [1.82, 2.24) is 18.5 Å². The second kappa shape index (κ2) is 5.70. The molecule has 3 heterocycles. The third-order valence-corrected chi connectivity index (χ3v) is 4.75. The minimum absolute atomic E-state index is 0.209. The van der Waals surface area contributed by atoms with Gasteiger partial charge in [-0.15, -0.1) is 0 Å². The van der Waals surface area contributed by atoms with Gasteiger partial charge in [0.2, 0.25) is 0 Å². The molecule has 0 aliphatic heterocycles. The van der Waals surface area contributed by atoms with Gasteiger partial charge in [0.1, 0.15) is 5.76 Å². The Labute approximate surface area is 155 Å². The fourth-order valence-electron chi connectivity index (χ4n) is 3.23. The van der Waals surface area contributed by atoms with Crippen LogP contribution in [0.15, 0.2) is 44.5 Å². The zero-order valence-electron chi connectivity index (χ0n) is 16.1. The molecular weight excluding hydrogens is 344 g/mol. The van der Waals surface area contributed by atoms with E-state index in [4.69, 9.17) is 4.42 Å². The van der Waals surface area contributed by atoms with E-state index >= 15 is 0 Å². The van der Waals surface area contributed by atoms with Crippen molar-refractivity contribution in [3.05, 3.63) is 68.2 Å². The Kier molecular flexibility index (Phi) is 3.66. The highest BCUT2D eigenvalue weighted by Gasteiger charge is 2.24. The topological polar surface area (TPSA) is 74.4 Å². The van der Waals surface area contributed by atoms with E-state index in [-0.39, 0.29) is 17.5 Å². The highest BCUT2D eigenvalue weighted by molar-refractivity contribution is 5.74. The maximum Gasteiger partial charge on any atom is 0.332 e. The molecule has 0 saturated carbocycles. The van der Waals surface area contributed by atoms with E-state index in [1.54, 1.807) is 17.6 Å². The number of benzene rings is 1. The van der Waals surface area contributed by atoms with Crippen LogP contribution in [0.4, 0.5) is 0 Å². The molecule has 7 nitrogen and oxygen atoms in total. The van der Waals surface area contributed by atoms with Gasteiger partial charge in [-0.1, -0.05) is 50.6 Å². The van der Waals surface area contributed by atoms with Gasteiger partial charge in [-0.25, -0.2) is 4.79 Å². The lowest BCUT2D eigenvalue weighted by Gasteiger charge is -2.13. The average Bonchev–Trinajstić information content (AvgIpc) is 3.14. The van der Waals surface area contributed by atoms with E-state index in [1.807, 2.05) is 52.0 Å². The van der Waals surface area contributed by atoms with E-state index in [2.05, 4.69) is 4.98 Å². The molecular formula is C20H22N4O3. The summed E-state index contributed by atoms with van der Waals surface area (Å²) in [4.78, 5) is 30.3. The molecule has 0 atom stereocenters. The standard InChI is InChI=1S/C20H22N4O3/c1-12-7-6-8-13(9-12)10-24-17(25)15-16(22(5)19(24)26)21-18-23(15)11-14(27-18)20(2,3)4/h6-9,11H,10H2,1-5H3. The van der Waals surface area contributed by atoms with Crippen LogP contribution in [0.25, 0.3) is 17.0 Å². The lowest BCUT2D eigenvalue weighted by atomic mass is 9.94. The minimum Gasteiger partial charge on any atom is -0.428 e. The SMILES string of the molecule is Cc1cccc(Cn2c(=O)c3c(nc4oc(C(C)(C)C)cn43)n(C)c2=O)c1. The fraction of sp³-hybridized carbons (Fsp3) is 0.350. The maximum atomic E-state index is 13.2. The normalized spacial score (nSPS) is 12.3. The van der Waals surface area contributed by atoms with Crippen LogP contribution in [0, 0.1) is 6.92 Å². The van der Waals surface area contributed by atoms with Crippen LogP contribution in [-0.2, 0) is 19.0 Å². The van der Waals surface area contributed by atoms with Crippen molar-refractivity contribution < 1.29 is 4.42 Å². The molecule has 0 N–H and O–H groups in total. The molecule has 4 rings (SSSR count). The largest absolute Gasteiger partial charge is 0.428 e. The van der Waals surface area contributed by atoms with Crippen molar-refractivity contribution in [1.29, 1.82) is 0 Å². The first kappa shape index (κ1) is 17.3. The number of oxazole rings is 1. The van der Waals surface area contributed by atoms with Crippen molar-refractivity contribution >= 4 is 17.0 Å². The summed E-state index contributed by atoms with van der Waals surface area (Å²) in [5.74, 6) is 1.04. The predicted octanol–water partition coefficient (Wildman–Crippen LogP) is 2.60. The third-order valence-electron chi connectivity index (χ3n) is 4.75. The number of imidazole rings is 1. The molecule has 0 unspecified atom stereocenters. The van der Waals surface area contributed by atoms with Crippen LogP contribution >= 0.6 is 0 Å². The molecule has 0 spiro atoms. The fourth-order valence-corrected chi connectivity index (χ4v) is 3.23. The van der Waals surface area contributed by atoms with Crippen LogP contribution < -0.4 is 11.2 Å². The summed E-state index contributed by atoms with van der Waals surface area (Å²) in [5, 5.41) is 0. The molecule has 140 valence electrons. The van der Waals surface area contributed by atoms with Crippen molar-refractivity contribution in [2.75, 3.05) is 0 Å². The van der Waals surface area contributed by atoms with Gasteiger partial charge in [-0.05, 0) is 12.5 Å². The van der Waals surface area contributed by atoms with Crippen LogP contribution in [0.2, 0.25) is 0 Å². The van der Waals surface area contributed by atoms with Gasteiger partial charge in [0, 0.05) is 12.5 Å². The highest BCUT2D eigenvalue weighted by atomic mass is 16.4. The smallest absolute Gasteiger partial charge is 0.332 e. The summed E-state index contributed by atoms with van der Waals surface area (Å²) in [6, 6.07) is 7.78. The average molecular weight is 366 g/mol. The molecule has 4 aromatic rings. The van der Waals surface area contributed by atoms with Crippen molar-refractivity contribution in [2.45, 2.75) is 39.7 Å². The van der Waals surface area contributed by atoms with Gasteiger partial charge in [-0.2, -0.15) is 4.98 Å². The van der Waals surface area contributed by atoms with E-state index < -0.39 is 5.69 Å². The summed E-state index contributed by atoms with van der Waals surface area (Å²) in [5.41, 5.74) is 1.67. The maximum absolute atomic E-state index is 13.2. The molecule has 0 bridgehead atoms. The number of fused-ring (bicyclic) bond motifs is 3. The lowest BCUT2D eigenvalue weighted by molar-refractivity contribution is 0.425.